The Morgan fingerprint density at radius 1 is 0.268 bits per heavy atom. The van der Waals surface area contributed by atoms with E-state index in [-0.39, 0.29) is 33.8 Å². The van der Waals surface area contributed by atoms with E-state index in [4.69, 9.17) is 0 Å². The van der Waals surface area contributed by atoms with E-state index in [1.165, 1.54) is 116 Å². The van der Waals surface area contributed by atoms with E-state index in [1.54, 1.807) is 0 Å². The van der Waals surface area contributed by atoms with Crippen LogP contribution < -0.4 is 31.1 Å². The molecule has 0 saturated carbocycles. The molecule has 3 aliphatic rings. The van der Waals surface area contributed by atoms with Crippen molar-refractivity contribution in [1.29, 1.82) is 0 Å². The Morgan fingerprint density at radius 3 is 1.05 bits per heavy atom. The standard InChI is InChI=1S/C91H84BN5/c1-87(2,3)59-47-60(88(4,5)6)50-65(49-59)96-82-53-63(93-76-35-23-18-30-68(76)69-31-19-24-36-77(69)93)41-43-74(82)92-75-44-42-64(94-78-37-25-20-32-70(78)71-46-58(40-45-79(71)94)57-28-16-15-17-29-57)54-83(75)97(66-51-61(89(7,8)9)48-62(52-66)90(10,11)12)85-56-67(55-84(96)86(85)92)95-80-38-26-21-33-72(80)91(13,14)73-34-22-27-39-81(73)95/h15-56H,1-14H3. The maximum Gasteiger partial charge on any atom is 0.252 e. The van der Waals surface area contributed by atoms with Crippen LogP contribution in [0.2, 0.25) is 0 Å². The molecule has 6 heteroatoms. The van der Waals surface area contributed by atoms with Crippen LogP contribution in [-0.2, 0) is 27.1 Å². The SMILES string of the molecule is CC(C)(C)c1cc(N2c3cc(-n4c5ccccc5c5ccccc54)ccc3B3c4ccc(-n5c6ccccc6c6cc(-c7ccccc7)ccc65)cc4N(c4cc(C(C)(C)C)cc(C(C)(C)C)c4)c4cc(N5c6ccccc6C(C)(C)c6ccccc65)cc2c43)cc(C(C)(C)C)c1. The van der Waals surface area contributed by atoms with Gasteiger partial charge in [-0.3, -0.25) is 0 Å². The molecule has 0 amide bonds. The first-order chi connectivity index (χ1) is 46.4. The minimum atomic E-state index is -0.268. The second kappa shape index (κ2) is 21.4. The first kappa shape index (κ1) is 60.4. The van der Waals surface area contributed by atoms with Gasteiger partial charge in [0.15, 0.2) is 0 Å². The lowest BCUT2D eigenvalue weighted by Gasteiger charge is -2.47. The van der Waals surface area contributed by atoms with Crippen LogP contribution in [0.25, 0.3) is 66.1 Å². The number of nitrogens with zero attached hydrogens (tertiary/aromatic N) is 5. The summed E-state index contributed by atoms with van der Waals surface area (Å²) >= 11 is 0. The van der Waals surface area contributed by atoms with Crippen LogP contribution in [-0.4, -0.2) is 15.8 Å². The molecule has 0 saturated heterocycles. The average molecular weight is 1260 g/mol. The number of para-hydroxylation sites is 5. The third-order valence-corrected chi connectivity index (χ3v) is 21.6. The molecule has 3 aliphatic heterocycles. The van der Waals surface area contributed by atoms with Gasteiger partial charge in [0.2, 0.25) is 0 Å². The van der Waals surface area contributed by atoms with Gasteiger partial charge in [0, 0.05) is 72.5 Å². The van der Waals surface area contributed by atoms with Crippen molar-refractivity contribution in [1.82, 2.24) is 9.13 Å². The fraction of sp³-hybridized carbons (Fsp3) is 0.209. The van der Waals surface area contributed by atoms with Gasteiger partial charge in [-0.15, -0.1) is 0 Å². The van der Waals surface area contributed by atoms with Crippen LogP contribution in [0, 0.1) is 0 Å². The summed E-state index contributed by atoms with van der Waals surface area (Å²) in [6.07, 6.45) is 0. The normalized spacial score (nSPS) is 14.3. The second-order valence-corrected chi connectivity index (χ2v) is 32.3. The van der Waals surface area contributed by atoms with E-state index in [0.29, 0.717) is 0 Å². The van der Waals surface area contributed by atoms with E-state index in [2.05, 4.69) is 376 Å². The fourth-order valence-electron chi connectivity index (χ4n) is 16.3. The summed E-state index contributed by atoms with van der Waals surface area (Å²) in [7, 11) is 0. The van der Waals surface area contributed by atoms with Crippen molar-refractivity contribution < 1.29 is 0 Å². The molecule has 5 heterocycles. The Bertz CT molecular complexity index is 5410. The maximum atomic E-state index is 2.69. The van der Waals surface area contributed by atoms with E-state index >= 15 is 0 Å². The van der Waals surface area contributed by atoms with Gasteiger partial charge in [-0.1, -0.05) is 249 Å². The first-order valence-corrected chi connectivity index (χ1v) is 34.9. The molecule has 5 nitrogen and oxygen atoms in total. The lowest BCUT2D eigenvalue weighted by Crippen LogP contribution is -2.61. The Labute approximate surface area is 573 Å². The Hall–Kier alpha value is -10.3. The van der Waals surface area contributed by atoms with Gasteiger partial charge in [-0.25, -0.2) is 0 Å². The van der Waals surface area contributed by atoms with Gasteiger partial charge >= 0.3 is 0 Å². The molecule has 0 N–H and O–H groups in total. The first-order valence-electron chi connectivity index (χ1n) is 34.9. The predicted octanol–water partition coefficient (Wildman–Crippen LogP) is 22.9. The highest BCUT2D eigenvalue weighted by Gasteiger charge is 2.46. The predicted molar refractivity (Wildman–Crippen MR) is 416 cm³/mol. The largest absolute Gasteiger partial charge is 0.311 e. The Balaban J connectivity index is 1.03. The summed E-state index contributed by atoms with van der Waals surface area (Å²) in [5.41, 5.74) is 30.5. The van der Waals surface area contributed by atoms with E-state index in [1.807, 2.05) is 0 Å². The zero-order chi connectivity index (χ0) is 67.0. The van der Waals surface area contributed by atoms with Crippen molar-refractivity contribution in [2.75, 3.05) is 14.7 Å². The summed E-state index contributed by atoms with van der Waals surface area (Å²) in [6, 6.07) is 98.1. The number of benzene rings is 12. The Kier molecular flexibility index (Phi) is 13.3. The zero-order valence-corrected chi connectivity index (χ0v) is 58.6. The van der Waals surface area contributed by atoms with Gasteiger partial charge < -0.3 is 23.8 Å². The Morgan fingerprint density at radius 2 is 0.619 bits per heavy atom. The summed E-state index contributed by atoms with van der Waals surface area (Å²) in [4.78, 5) is 7.97. The van der Waals surface area contributed by atoms with Crippen molar-refractivity contribution in [2.45, 2.75) is 124 Å². The van der Waals surface area contributed by atoms with Crippen LogP contribution >= 0.6 is 0 Å². The summed E-state index contributed by atoms with van der Waals surface area (Å²) in [5, 5.41) is 4.95. The minimum Gasteiger partial charge on any atom is -0.311 e. The minimum absolute atomic E-state index is 0.159. The smallest absolute Gasteiger partial charge is 0.252 e. The summed E-state index contributed by atoms with van der Waals surface area (Å²) in [6.45, 7) is 33.1. The number of rotatable bonds is 6. The molecule has 2 aromatic heterocycles. The van der Waals surface area contributed by atoms with Crippen LogP contribution in [0.3, 0.4) is 0 Å². The van der Waals surface area contributed by atoms with Crippen molar-refractivity contribution >= 4 is 118 Å². The molecule has 0 aliphatic carbocycles. The molecule has 0 spiro atoms. The summed E-state index contributed by atoms with van der Waals surface area (Å²) < 4.78 is 5.02. The van der Waals surface area contributed by atoms with Crippen molar-refractivity contribution in [3.63, 3.8) is 0 Å². The quantitative estimate of drug-likeness (QED) is 0.155. The number of fused-ring (bicyclic) bond motifs is 12. The molecular formula is C91H84BN5. The molecule has 17 rings (SSSR count). The average Bonchev–Trinajstić information content (AvgIpc) is 1.04. The lowest BCUT2D eigenvalue weighted by molar-refractivity contribution is 0.568. The highest BCUT2D eigenvalue weighted by Crippen LogP contribution is 2.56. The van der Waals surface area contributed by atoms with Crippen molar-refractivity contribution in [2.24, 2.45) is 0 Å². The van der Waals surface area contributed by atoms with E-state index < -0.39 is 0 Å². The topological polar surface area (TPSA) is 19.6 Å². The monoisotopic (exact) mass is 1260 g/mol. The van der Waals surface area contributed by atoms with Gasteiger partial charge in [0.25, 0.3) is 6.71 Å². The number of hydrogen-bond donors (Lipinski definition) is 0. The van der Waals surface area contributed by atoms with Crippen LogP contribution in [0.15, 0.2) is 255 Å². The highest BCUT2D eigenvalue weighted by molar-refractivity contribution is 7.00. The zero-order valence-electron chi connectivity index (χ0n) is 58.6. The van der Waals surface area contributed by atoms with Crippen LogP contribution in [0.5, 0.6) is 0 Å². The van der Waals surface area contributed by atoms with Gasteiger partial charge in [-0.2, -0.15) is 0 Å². The number of anilines is 9. The molecule has 0 unspecified atom stereocenters. The van der Waals surface area contributed by atoms with Crippen molar-refractivity contribution in [3.05, 3.63) is 288 Å². The van der Waals surface area contributed by atoms with Crippen LogP contribution in [0.1, 0.15) is 130 Å². The van der Waals surface area contributed by atoms with Crippen LogP contribution in [0.4, 0.5) is 51.2 Å². The van der Waals surface area contributed by atoms with Crippen molar-refractivity contribution in [3.8, 4) is 22.5 Å². The maximum absolute atomic E-state index is 2.69. The fourth-order valence-corrected chi connectivity index (χ4v) is 16.3. The molecule has 14 aromatic rings. The summed E-state index contributed by atoms with van der Waals surface area (Å²) in [5.74, 6) is 0. The third kappa shape index (κ3) is 9.48. The molecule has 0 bridgehead atoms. The van der Waals surface area contributed by atoms with Gasteiger partial charge in [0.1, 0.15) is 0 Å². The highest BCUT2D eigenvalue weighted by atomic mass is 15.2. The van der Waals surface area contributed by atoms with Gasteiger partial charge in [-0.05, 0) is 186 Å². The second-order valence-electron chi connectivity index (χ2n) is 32.3. The molecule has 0 radical (unpaired) electrons. The number of hydrogen-bond acceptors (Lipinski definition) is 3. The van der Waals surface area contributed by atoms with Gasteiger partial charge in [0.05, 0.1) is 39.1 Å². The van der Waals surface area contributed by atoms with E-state index in [9.17, 15) is 0 Å². The molecule has 97 heavy (non-hydrogen) atoms. The molecule has 0 fully saturated rings. The molecule has 476 valence electrons. The molecular weight excluding hydrogens is 1170 g/mol. The number of aromatic nitrogens is 2. The lowest BCUT2D eigenvalue weighted by atomic mass is 9.33. The molecule has 0 atom stereocenters. The van der Waals surface area contributed by atoms with E-state index in [0.717, 1.165) is 51.2 Å². The molecule has 12 aromatic carbocycles. The third-order valence-electron chi connectivity index (χ3n) is 21.6.